The van der Waals surface area contributed by atoms with Crippen molar-refractivity contribution in [3.8, 4) is 0 Å². The zero-order valence-corrected chi connectivity index (χ0v) is 13.7. The fourth-order valence-electron chi connectivity index (χ4n) is 3.43. The SMILES string of the molecule is CC(=O)Nc1ccc(NC2CCCCC2C(C)C)cc1C. The van der Waals surface area contributed by atoms with E-state index in [1.165, 1.54) is 31.4 Å². The summed E-state index contributed by atoms with van der Waals surface area (Å²) >= 11 is 0. The van der Waals surface area contributed by atoms with Gasteiger partial charge >= 0.3 is 0 Å². The fraction of sp³-hybridized carbons (Fsp3) is 0.611. The second kappa shape index (κ2) is 6.97. The maximum atomic E-state index is 11.2. The van der Waals surface area contributed by atoms with Crippen LogP contribution in [0.1, 0.15) is 52.0 Å². The summed E-state index contributed by atoms with van der Waals surface area (Å²) in [6.45, 7) is 8.24. The maximum Gasteiger partial charge on any atom is 0.221 e. The first-order valence-corrected chi connectivity index (χ1v) is 8.12. The van der Waals surface area contributed by atoms with Crippen LogP contribution in [-0.2, 0) is 4.79 Å². The van der Waals surface area contributed by atoms with Crippen LogP contribution in [0.5, 0.6) is 0 Å². The summed E-state index contributed by atoms with van der Waals surface area (Å²) in [5, 5.41) is 6.59. The fourth-order valence-corrected chi connectivity index (χ4v) is 3.43. The lowest BCUT2D eigenvalue weighted by Gasteiger charge is -2.35. The van der Waals surface area contributed by atoms with E-state index in [0.29, 0.717) is 6.04 Å². The van der Waals surface area contributed by atoms with Gasteiger partial charge in [0.15, 0.2) is 0 Å². The van der Waals surface area contributed by atoms with E-state index in [1.54, 1.807) is 6.92 Å². The third kappa shape index (κ3) is 4.23. The van der Waals surface area contributed by atoms with Crippen LogP contribution in [0.3, 0.4) is 0 Å². The number of carbonyl (C=O) groups is 1. The summed E-state index contributed by atoms with van der Waals surface area (Å²) in [4.78, 5) is 11.2. The van der Waals surface area contributed by atoms with Crippen LogP contribution >= 0.6 is 0 Å². The molecule has 1 aliphatic carbocycles. The molecule has 2 N–H and O–H groups in total. The minimum absolute atomic E-state index is 0.0223. The van der Waals surface area contributed by atoms with Crippen LogP contribution in [0.15, 0.2) is 18.2 Å². The number of amides is 1. The summed E-state index contributed by atoms with van der Waals surface area (Å²) in [6.07, 6.45) is 5.28. The van der Waals surface area contributed by atoms with Crippen molar-refractivity contribution >= 4 is 17.3 Å². The minimum atomic E-state index is -0.0223. The first kappa shape index (κ1) is 15.9. The second-order valence-electron chi connectivity index (χ2n) is 6.65. The van der Waals surface area contributed by atoms with Gasteiger partial charge in [-0.15, -0.1) is 0 Å². The molecule has 21 heavy (non-hydrogen) atoms. The van der Waals surface area contributed by atoms with Gasteiger partial charge in [0.25, 0.3) is 0 Å². The molecule has 0 heterocycles. The molecule has 3 nitrogen and oxygen atoms in total. The molecule has 1 amide bonds. The first-order chi connectivity index (χ1) is 9.97. The molecular weight excluding hydrogens is 260 g/mol. The highest BCUT2D eigenvalue weighted by atomic mass is 16.1. The van der Waals surface area contributed by atoms with E-state index in [9.17, 15) is 4.79 Å². The van der Waals surface area contributed by atoms with Crippen molar-refractivity contribution in [2.45, 2.75) is 59.4 Å². The van der Waals surface area contributed by atoms with Crippen molar-refractivity contribution in [2.75, 3.05) is 10.6 Å². The molecule has 2 rings (SSSR count). The molecule has 1 saturated carbocycles. The van der Waals surface area contributed by atoms with Gasteiger partial charge in [0.2, 0.25) is 5.91 Å². The molecule has 2 unspecified atom stereocenters. The lowest BCUT2D eigenvalue weighted by Crippen LogP contribution is -2.35. The van der Waals surface area contributed by atoms with Gasteiger partial charge in [-0.1, -0.05) is 26.7 Å². The lowest BCUT2D eigenvalue weighted by atomic mass is 9.78. The van der Waals surface area contributed by atoms with Gasteiger partial charge in [-0.2, -0.15) is 0 Å². The smallest absolute Gasteiger partial charge is 0.221 e. The molecule has 1 aromatic rings. The molecule has 0 aromatic heterocycles. The number of rotatable bonds is 4. The van der Waals surface area contributed by atoms with E-state index in [1.807, 2.05) is 13.0 Å². The highest BCUT2D eigenvalue weighted by molar-refractivity contribution is 5.89. The topological polar surface area (TPSA) is 41.1 Å². The van der Waals surface area contributed by atoms with E-state index in [-0.39, 0.29) is 5.91 Å². The Morgan fingerprint density at radius 3 is 2.57 bits per heavy atom. The van der Waals surface area contributed by atoms with Crippen molar-refractivity contribution in [1.82, 2.24) is 0 Å². The molecule has 0 radical (unpaired) electrons. The minimum Gasteiger partial charge on any atom is -0.382 e. The Morgan fingerprint density at radius 2 is 1.95 bits per heavy atom. The number of carbonyl (C=O) groups excluding carboxylic acids is 1. The highest BCUT2D eigenvalue weighted by Gasteiger charge is 2.27. The van der Waals surface area contributed by atoms with Crippen molar-refractivity contribution in [3.63, 3.8) is 0 Å². The molecular formula is C18H28N2O. The number of hydrogen-bond acceptors (Lipinski definition) is 2. The van der Waals surface area contributed by atoms with Crippen LogP contribution in [0, 0.1) is 18.8 Å². The van der Waals surface area contributed by atoms with Crippen molar-refractivity contribution < 1.29 is 4.79 Å². The Hall–Kier alpha value is -1.51. The van der Waals surface area contributed by atoms with E-state index in [0.717, 1.165) is 23.1 Å². The van der Waals surface area contributed by atoms with Gasteiger partial charge in [-0.3, -0.25) is 4.79 Å². The standard InChI is InChI=1S/C18H28N2O/c1-12(2)16-7-5-6-8-18(16)20-15-9-10-17(13(3)11-15)19-14(4)21/h9-12,16,18,20H,5-8H2,1-4H3,(H,19,21). The molecule has 0 aliphatic heterocycles. The van der Waals surface area contributed by atoms with Gasteiger partial charge in [-0.05, 0) is 55.4 Å². The number of nitrogens with one attached hydrogen (secondary N) is 2. The zero-order chi connectivity index (χ0) is 15.4. The Bertz CT molecular complexity index is 496. The Kier molecular flexibility index (Phi) is 5.27. The molecule has 2 atom stereocenters. The van der Waals surface area contributed by atoms with E-state index >= 15 is 0 Å². The normalized spacial score (nSPS) is 22.1. The van der Waals surface area contributed by atoms with E-state index < -0.39 is 0 Å². The predicted molar refractivity (Wildman–Crippen MR) is 89.7 cm³/mol. The quantitative estimate of drug-likeness (QED) is 0.851. The first-order valence-electron chi connectivity index (χ1n) is 8.12. The molecule has 3 heteroatoms. The monoisotopic (exact) mass is 288 g/mol. The summed E-state index contributed by atoms with van der Waals surface area (Å²) in [6, 6.07) is 6.78. The highest BCUT2D eigenvalue weighted by Crippen LogP contribution is 2.32. The Balaban J connectivity index is 2.08. The number of hydrogen-bond donors (Lipinski definition) is 2. The van der Waals surface area contributed by atoms with E-state index in [2.05, 4.69) is 36.6 Å². The molecule has 1 aliphatic rings. The van der Waals surface area contributed by atoms with Crippen LogP contribution in [0.4, 0.5) is 11.4 Å². The third-order valence-electron chi connectivity index (χ3n) is 4.56. The van der Waals surface area contributed by atoms with Crippen LogP contribution < -0.4 is 10.6 Å². The van der Waals surface area contributed by atoms with Crippen molar-refractivity contribution in [3.05, 3.63) is 23.8 Å². The predicted octanol–water partition coefficient (Wildman–Crippen LogP) is 4.58. The molecule has 0 bridgehead atoms. The van der Waals surface area contributed by atoms with Gasteiger partial charge in [0.05, 0.1) is 0 Å². The average molecular weight is 288 g/mol. The Labute approximate surface area is 128 Å². The number of benzene rings is 1. The summed E-state index contributed by atoms with van der Waals surface area (Å²) in [5.74, 6) is 1.46. The van der Waals surface area contributed by atoms with Crippen molar-refractivity contribution in [2.24, 2.45) is 11.8 Å². The van der Waals surface area contributed by atoms with Gasteiger partial charge in [0, 0.05) is 24.3 Å². The largest absolute Gasteiger partial charge is 0.382 e. The second-order valence-corrected chi connectivity index (χ2v) is 6.65. The van der Waals surface area contributed by atoms with Crippen LogP contribution in [0.2, 0.25) is 0 Å². The molecule has 1 aromatic carbocycles. The average Bonchev–Trinajstić information content (AvgIpc) is 2.42. The maximum absolute atomic E-state index is 11.2. The van der Waals surface area contributed by atoms with Gasteiger partial charge in [-0.25, -0.2) is 0 Å². The van der Waals surface area contributed by atoms with Crippen LogP contribution in [-0.4, -0.2) is 11.9 Å². The molecule has 116 valence electrons. The zero-order valence-electron chi connectivity index (χ0n) is 13.7. The van der Waals surface area contributed by atoms with Gasteiger partial charge < -0.3 is 10.6 Å². The summed E-state index contributed by atoms with van der Waals surface area (Å²) in [7, 11) is 0. The number of anilines is 2. The number of aryl methyl sites for hydroxylation is 1. The molecule has 0 saturated heterocycles. The molecule has 1 fully saturated rings. The van der Waals surface area contributed by atoms with E-state index in [4.69, 9.17) is 0 Å². The van der Waals surface area contributed by atoms with Gasteiger partial charge in [0.1, 0.15) is 0 Å². The Morgan fingerprint density at radius 1 is 1.24 bits per heavy atom. The summed E-state index contributed by atoms with van der Waals surface area (Å²) < 4.78 is 0. The van der Waals surface area contributed by atoms with Crippen LogP contribution in [0.25, 0.3) is 0 Å². The molecule has 0 spiro atoms. The summed E-state index contributed by atoms with van der Waals surface area (Å²) in [5.41, 5.74) is 3.17. The third-order valence-corrected chi connectivity index (χ3v) is 4.56. The lowest BCUT2D eigenvalue weighted by molar-refractivity contribution is -0.114. The van der Waals surface area contributed by atoms with Crippen molar-refractivity contribution in [1.29, 1.82) is 0 Å².